The summed E-state index contributed by atoms with van der Waals surface area (Å²) in [5.41, 5.74) is -0.569. The number of carbonyl (C=O) groups excluding carboxylic acids is 3. The topological polar surface area (TPSA) is 92.3 Å². The van der Waals surface area contributed by atoms with Crippen LogP contribution in [0.4, 0.5) is 0 Å². The van der Waals surface area contributed by atoms with Crippen LogP contribution < -0.4 is 5.32 Å². The Morgan fingerprint density at radius 2 is 2.11 bits per heavy atom. The van der Waals surface area contributed by atoms with Crippen molar-refractivity contribution in [3.8, 4) is 0 Å². The Morgan fingerprint density at radius 3 is 2.67 bits per heavy atom. The van der Waals surface area contributed by atoms with Crippen molar-refractivity contribution < 1.29 is 14.4 Å². The second-order valence-electron chi connectivity index (χ2n) is 4.52. The molecule has 0 spiro atoms. The second kappa shape index (κ2) is 4.13. The van der Waals surface area contributed by atoms with Crippen LogP contribution in [0.25, 0.3) is 0 Å². The Bertz CT molecular complexity index is 537. The number of nitrogens with zero attached hydrogens (tertiary/aromatic N) is 3. The van der Waals surface area contributed by atoms with E-state index in [4.69, 9.17) is 0 Å². The van der Waals surface area contributed by atoms with Crippen LogP contribution in [0.15, 0.2) is 0 Å². The molecular formula is C10H12N4O3S. The summed E-state index contributed by atoms with van der Waals surface area (Å²) in [7, 11) is 0. The Labute approximate surface area is 107 Å². The molecule has 1 N–H and O–H groups in total. The molecule has 18 heavy (non-hydrogen) atoms. The van der Waals surface area contributed by atoms with Gasteiger partial charge in [0.05, 0.1) is 5.69 Å². The lowest BCUT2D eigenvalue weighted by Crippen LogP contribution is -2.65. The first-order valence-corrected chi connectivity index (χ1v) is 6.06. The molecule has 0 saturated carbocycles. The highest BCUT2D eigenvalue weighted by Crippen LogP contribution is 2.23. The van der Waals surface area contributed by atoms with Crippen molar-refractivity contribution in [1.29, 1.82) is 0 Å². The molecule has 2 rings (SSSR count). The third-order valence-electron chi connectivity index (χ3n) is 2.88. The van der Waals surface area contributed by atoms with Crippen molar-refractivity contribution in [2.75, 3.05) is 6.54 Å². The van der Waals surface area contributed by atoms with Crippen LogP contribution in [-0.2, 0) is 9.59 Å². The number of carbonyl (C=O) groups is 3. The third kappa shape index (κ3) is 1.88. The Hall–Kier alpha value is -1.83. The number of aromatic nitrogens is 2. The zero-order valence-corrected chi connectivity index (χ0v) is 11.0. The minimum absolute atomic E-state index is 0.144. The van der Waals surface area contributed by atoms with Gasteiger partial charge >= 0.3 is 0 Å². The highest BCUT2D eigenvalue weighted by atomic mass is 32.1. The lowest BCUT2D eigenvalue weighted by Gasteiger charge is -2.39. The molecule has 0 aliphatic carbocycles. The van der Waals surface area contributed by atoms with E-state index < -0.39 is 23.3 Å². The lowest BCUT2D eigenvalue weighted by atomic mass is 9.98. The Balaban J connectivity index is 2.37. The predicted molar refractivity (Wildman–Crippen MR) is 62.9 cm³/mol. The summed E-state index contributed by atoms with van der Waals surface area (Å²) in [4.78, 5) is 37.0. The first-order valence-electron chi connectivity index (χ1n) is 5.29. The quantitative estimate of drug-likeness (QED) is 0.707. The first kappa shape index (κ1) is 12.6. The van der Waals surface area contributed by atoms with Gasteiger partial charge in [-0.15, -0.1) is 5.10 Å². The molecule has 96 valence electrons. The van der Waals surface area contributed by atoms with E-state index in [2.05, 4.69) is 14.9 Å². The smallest absolute Gasteiger partial charge is 0.268 e. The van der Waals surface area contributed by atoms with E-state index in [0.717, 1.165) is 11.5 Å². The summed E-state index contributed by atoms with van der Waals surface area (Å²) < 4.78 is 3.68. The molecule has 3 amide bonds. The highest BCUT2D eigenvalue weighted by Gasteiger charge is 2.44. The van der Waals surface area contributed by atoms with Gasteiger partial charge < -0.3 is 4.90 Å². The van der Waals surface area contributed by atoms with Crippen LogP contribution >= 0.6 is 11.5 Å². The monoisotopic (exact) mass is 268 g/mol. The van der Waals surface area contributed by atoms with Gasteiger partial charge in [-0.25, -0.2) is 0 Å². The molecule has 1 aliphatic heterocycles. The van der Waals surface area contributed by atoms with Gasteiger partial charge in [0.15, 0.2) is 0 Å². The summed E-state index contributed by atoms with van der Waals surface area (Å²) >= 11 is 0.959. The van der Waals surface area contributed by atoms with Crippen molar-refractivity contribution in [3.63, 3.8) is 0 Å². The van der Waals surface area contributed by atoms with Gasteiger partial charge in [-0.05, 0) is 32.3 Å². The molecule has 1 aromatic heterocycles. The summed E-state index contributed by atoms with van der Waals surface area (Å²) in [6.45, 7) is 4.71. The van der Waals surface area contributed by atoms with E-state index in [1.165, 1.54) is 4.90 Å². The maximum atomic E-state index is 12.3. The molecule has 1 aromatic rings. The summed E-state index contributed by atoms with van der Waals surface area (Å²) in [6, 6.07) is 0. The summed E-state index contributed by atoms with van der Waals surface area (Å²) in [5.74, 6) is -1.36. The minimum atomic E-state index is -1.07. The van der Waals surface area contributed by atoms with Crippen LogP contribution in [0.2, 0.25) is 0 Å². The molecule has 0 radical (unpaired) electrons. The number of aryl methyl sites for hydroxylation is 1. The van der Waals surface area contributed by atoms with Gasteiger partial charge in [0.1, 0.15) is 17.0 Å². The molecule has 1 saturated heterocycles. The molecule has 0 atom stereocenters. The normalized spacial score (nSPS) is 18.7. The van der Waals surface area contributed by atoms with Crippen molar-refractivity contribution in [3.05, 3.63) is 10.6 Å². The summed E-state index contributed by atoms with van der Waals surface area (Å²) in [6.07, 6.45) is 0. The number of amides is 3. The number of hydrogen-bond acceptors (Lipinski definition) is 6. The zero-order chi connectivity index (χ0) is 13.5. The molecule has 0 bridgehead atoms. The van der Waals surface area contributed by atoms with Crippen molar-refractivity contribution in [2.45, 2.75) is 26.3 Å². The van der Waals surface area contributed by atoms with Crippen molar-refractivity contribution in [1.82, 2.24) is 19.8 Å². The molecule has 8 heteroatoms. The Kier molecular flexibility index (Phi) is 2.89. The maximum Gasteiger partial charge on any atom is 0.268 e. The average molecular weight is 268 g/mol. The number of nitrogens with one attached hydrogen (secondary N) is 1. The van der Waals surface area contributed by atoms with E-state index in [9.17, 15) is 14.4 Å². The van der Waals surface area contributed by atoms with Crippen LogP contribution in [0.1, 0.15) is 29.2 Å². The average Bonchev–Trinajstić information content (AvgIpc) is 2.69. The lowest BCUT2D eigenvalue weighted by molar-refractivity contribution is -0.143. The standard InChI is InChI=1S/C10H12N4O3S/c1-5-7(18-13-12-5)8(16)14-4-6(15)11-9(17)10(14,2)3/h4H2,1-3H3,(H,11,15,17). The largest absolute Gasteiger partial charge is 0.314 e. The van der Waals surface area contributed by atoms with Crippen LogP contribution in [-0.4, -0.2) is 44.3 Å². The van der Waals surface area contributed by atoms with Gasteiger partial charge in [-0.3, -0.25) is 19.7 Å². The van der Waals surface area contributed by atoms with Crippen LogP contribution in [0.5, 0.6) is 0 Å². The van der Waals surface area contributed by atoms with Gasteiger partial charge in [0, 0.05) is 0 Å². The van der Waals surface area contributed by atoms with Gasteiger partial charge in [-0.1, -0.05) is 4.49 Å². The van der Waals surface area contributed by atoms with E-state index in [1.54, 1.807) is 20.8 Å². The van der Waals surface area contributed by atoms with Crippen LogP contribution in [0.3, 0.4) is 0 Å². The van der Waals surface area contributed by atoms with Crippen molar-refractivity contribution >= 4 is 29.3 Å². The minimum Gasteiger partial charge on any atom is -0.314 e. The van der Waals surface area contributed by atoms with Gasteiger partial charge in [-0.2, -0.15) is 0 Å². The molecule has 7 nitrogen and oxygen atoms in total. The number of imide groups is 1. The fraction of sp³-hybridized carbons (Fsp3) is 0.500. The number of piperazine rings is 1. The van der Waals surface area contributed by atoms with Gasteiger partial charge in [0.2, 0.25) is 5.91 Å². The SMILES string of the molecule is Cc1nnsc1C(=O)N1CC(=O)NC(=O)C1(C)C. The second-order valence-corrected chi connectivity index (χ2v) is 5.27. The van der Waals surface area contributed by atoms with E-state index in [1.807, 2.05) is 0 Å². The van der Waals surface area contributed by atoms with E-state index in [-0.39, 0.29) is 6.54 Å². The Morgan fingerprint density at radius 1 is 1.44 bits per heavy atom. The number of rotatable bonds is 1. The molecule has 1 fully saturated rings. The molecule has 0 aromatic carbocycles. The highest BCUT2D eigenvalue weighted by molar-refractivity contribution is 7.08. The van der Waals surface area contributed by atoms with E-state index in [0.29, 0.717) is 10.6 Å². The molecular weight excluding hydrogens is 256 g/mol. The maximum absolute atomic E-state index is 12.3. The van der Waals surface area contributed by atoms with Crippen LogP contribution in [0, 0.1) is 6.92 Å². The van der Waals surface area contributed by atoms with E-state index >= 15 is 0 Å². The molecule has 2 heterocycles. The van der Waals surface area contributed by atoms with Crippen molar-refractivity contribution in [2.24, 2.45) is 0 Å². The fourth-order valence-electron chi connectivity index (χ4n) is 1.66. The third-order valence-corrected chi connectivity index (χ3v) is 3.69. The zero-order valence-electron chi connectivity index (χ0n) is 10.2. The first-order chi connectivity index (χ1) is 8.34. The number of hydrogen-bond donors (Lipinski definition) is 1. The molecule has 0 unspecified atom stereocenters. The predicted octanol–water partition coefficient (Wildman–Crippen LogP) is -0.276. The summed E-state index contributed by atoms with van der Waals surface area (Å²) in [5, 5.41) is 5.97. The van der Waals surface area contributed by atoms with Gasteiger partial charge in [0.25, 0.3) is 11.8 Å². The fourth-order valence-corrected chi connectivity index (χ4v) is 2.27. The molecule has 1 aliphatic rings.